The number of nitrogens with one attached hydrogen (secondary N) is 1. The SMILES string of the molecule is CNCCCCc1nc2cc(OC)c(OC)cc2c(=O)n1CC(C)(C)C. The molecule has 0 radical (unpaired) electrons. The minimum Gasteiger partial charge on any atom is -0.493 e. The van der Waals surface area contributed by atoms with E-state index in [1.54, 1.807) is 26.4 Å². The molecule has 0 fully saturated rings. The highest BCUT2D eigenvalue weighted by Gasteiger charge is 2.19. The first-order chi connectivity index (χ1) is 12.3. The Bertz CT molecular complexity index is 807. The van der Waals surface area contributed by atoms with E-state index in [4.69, 9.17) is 14.5 Å². The van der Waals surface area contributed by atoms with Gasteiger partial charge in [0.1, 0.15) is 5.82 Å². The van der Waals surface area contributed by atoms with Crippen LogP contribution in [0.25, 0.3) is 10.9 Å². The first-order valence-electron chi connectivity index (χ1n) is 9.10. The molecule has 1 N–H and O–H groups in total. The summed E-state index contributed by atoms with van der Waals surface area (Å²) < 4.78 is 12.5. The van der Waals surface area contributed by atoms with Crippen LogP contribution in [0.15, 0.2) is 16.9 Å². The van der Waals surface area contributed by atoms with Crippen molar-refractivity contribution < 1.29 is 9.47 Å². The third kappa shape index (κ3) is 4.75. The summed E-state index contributed by atoms with van der Waals surface area (Å²) in [7, 11) is 5.10. The minimum absolute atomic E-state index is 0.0184. The Hall–Kier alpha value is -2.08. The first kappa shape index (κ1) is 20.2. The zero-order chi connectivity index (χ0) is 19.3. The molecular formula is C20H31N3O3. The Morgan fingerprint density at radius 1 is 1.12 bits per heavy atom. The largest absolute Gasteiger partial charge is 0.493 e. The van der Waals surface area contributed by atoms with Gasteiger partial charge in [-0.3, -0.25) is 9.36 Å². The third-order valence-corrected chi connectivity index (χ3v) is 4.25. The second-order valence-corrected chi connectivity index (χ2v) is 7.76. The van der Waals surface area contributed by atoms with Crippen LogP contribution in [0.2, 0.25) is 0 Å². The van der Waals surface area contributed by atoms with Crippen LogP contribution in [-0.2, 0) is 13.0 Å². The molecule has 0 aliphatic carbocycles. The molecule has 0 saturated heterocycles. The third-order valence-electron chi connectivity index (χ3n) is 4.25. The summed E-state index contributed by atoms with van der Waals surface area (Å²) in [5.74, 6) is 1.96. The maximum Gasteiger partial charge on any atom is 0.261 e. The highest BCUT2D eigenvalue weighted by atomic mass is 16.5. The van der Waals surface area contributed by atoms with Gasteiger partial charge in [0, 0.05) is 19.0 Å². The lowest BCUT2D eigenvalue weighted by atomic mass is 9.96. The van der Waals surface area contributed by atoms with E-state index >= 15 is 0 Å². The Kier molecular flexibility index (Phi) is 6.64. The lowest BCUT2D eigenvalue weighted by Crippen LogP contribution is -2.31. The number of aromatic nitrogens is 2. The van der Waals surface area contributed by atoms with Gasteiger partial charge in [0.05, 0.1) is 25.1 Å². The van der Waals surface area contributed by atoms with Crippen molar-refractivity contribution in [2.75, 3.05) is 27.8 Å². The molecule has 2 rings (SSSR count). The Morgan fingerprint density at radius 2 is 1.77 bits per heavy atom. The lowest BCUT2D eigenvalue weighted by molar-refractivity contribution is 0.330. The fourth-order valence-electron chi connectivity index (χ4n) is 3.01. The van der Waals surface area contributed by atoms with Gasteiger partial charge in [-0.1, -0.05) is 20.8 Å². The lowest BCUT2D eigenvalue weighted by Gasteiger charge is -2.23. The molecule has 1 heterocycles. The highest BCUT2D eigenvalue weighted by Crippen LogP contribution is 2.30. The molecule has 0 saturated carbocycles. The molecule has 0 aliphatic heterocycles. The molecular weight excluding hydrogens is 330 g/mol. The fraction of sp³-hybridized carbons (Fsp3) is 0.600. The molecule has 0 bridgehead atoms. The molecule has 26 heavy (non-hydrogen) atoms. The van der Waals surface area contributed by atoms with Crippen molar-refractivity contribution in [1.82, 2.24) is 14.9 Å². The van der Waals surface area contributed by atoms with Crippen molar-refractivity contribution in [2.24, 2.45) is 5.41 Å². The van der Waals surface area contributed by atoms with Gasteiger partial charge in [-0.15, -0.1) is 0 Å². The number of ether oxygens (including phenoxy) is 2. The van der Waals surface area contributed by atoms with E-state index in [1.165, 1.54) is 0 Å². The van der Waals surface area contributed by atoms with E-state index < -0.39 is 0 Å². The number of methoxy groups -OCH3 is 2. The summed E-state index contributed by atoms with van der Waals surface area (Å²) in [6.07, 6.45) is 2.80. The van der Waals surface area contributed by atoms with Crippen molar-refractivity contribution >= 4 is 10.9 Å². The van der Waals surface area contributed by atoms with E-state index in [0.29, 0.717) is 28.9 Å². The number of hydrogen-bond donors (Lipinski definition) is 1. The van der Waals surface area contributed by atoms with Gasteiger partial charge in [0.25, 0.3) is 5.56 Å². The van der Waals surface area contributed by atoms with E-state index in [2.05, 4.69) is 26.1 Å². The normalized spacial score (nSPS) is 11.8. The summed E-state index contributed by atoms with van der Waals surface area (Å²) in [5.41, 5.74) is 0.617. The average molecular weight is 361 g/mol. The second kappa shape index (κ2) is 8.54. The van der Waals surface area contributed by atoms with Crippen LogP contribution in [0.4, 0.5) is 0 Å². The molecule has 2 aromatic rings. The smallest absolute Gasteiger partial charge is 0.261 e. The highest BCUT2D eigenvalue weighted by molar-refractivity contribution is 5.82. The quantitative estimate of drug-likeness (QED) is 0.732. The van der Waals surface area contributed by atoms with Crippen LogP contribution < -0.4 is 20.3 Å². The first-order valence-corrected chi connectivity index (χ1v) is 9.10. The minimum atomic E-state index is -0.0190. The van der Waals surface area contributed by atoms with Crippen LogP contribution in [0.5, 0.6) is 11.5 Å². The monoisotopic (exact) mass is 361 g/mol. The van der Waals surface area contributed by atoms with E-state index in [0.717, 1.165) is 31.6 Å². The number of nitrogens with zero attached hydrogens (tertiary/aromatic N) is 2. The molecule has 1 aromatic heterocycles. The molecule has 0 amide bonds. The van der Waals surface area contributed by atoms with Gasteiger partial charge in [0.15, 0.2) is 11.5 Å². The average Bonchev–Trinajstić information content (AvgIpc) is 2.59. The maximum atomic E-state index is 13.2. The molecule has 6 nitrogen and oxygen atoms in total. The van der Waals surface area contributed by atoms with Gasteiger partial charge in [0.2, 0.25) is 0 Å². The maximum absolute atomic E-state index is 13.2. The zero-order valence-corrected chi connectivity index (χ0v) is 16.8. The Labute approximate surface area is 155 Å². The van der Waals surface area contributed by atoms with E-state index in [9.17, 15) is 4.79 Å². The van der Waals surface area contributed by atoms with Crippen molar-refractivity contribution in [3.63, 3.8) is 0 Å². The molecule has 1 aromatic carbocycles. The predicted molar refractivity (Wildman–Crippen MR) is 105 cm³/mol. The molecule has 6 heteroatoms. The number of hydrogen-bond acceptors (Lipinski definition) is 5. The van der Waals surface area contributed by atoms with Crippen LogP contribution in [0.1, 0.15) is 39.4 Å². The van der Waals surface area contributed by atoms with Crippen LogP contribution in [-0.4, -0.2) is 37.4 Å². The van der Waals surface area contributed by atoms with Gasteiger partial charge >= 0.3 is 0 Å². The van der Waals surface area contributed by atoms with E-state index in [-0.39, 0.29) is 11.0 Å². The predicted octanol–water partition coefficient (Wildman–Crippen LogP) is 3.00. The van der Waals surface area contributed by atoms with E-state index in [1.807, 2.05) is 11.6 Å². The van der Waals surface area contributed by atoms with Crippen molar-refractivity contribution in [2.45, 2.75) is 46.6 Å². The summed E-state index contributed by atoms with van der Waals surface area (Å²) in [4.78, 5) is 18.0. The number of benzene rings is 1. The number of aryl methyl sites for hydroxylation is 1. The zero-order valence-electron chi connectivity index (χ0n) is 16.8. The molecule has 0 atom stereocenters. The molecule has 0 spiro atoms. The van der Waals surface area contributed by atoms with Crippen molar-refractivity contribution in [1.29, 1.82) is 0 Å². The Balaban J connectivity index is 2.58. The van der Waals surface area contributed by atoms with Crippen LogP contribution >= 0.6 is 0 Å². The number of rotatable bonds is 8. The standard InChI is InChI=1S/C20H31N3O3/c1-20(2,3)13-23-18(9-7-8-10-21-4)22-15-12-17(26-6)16(25-5)11-14(15)19(23)24/h11-12,21H,7-10,13H2,1-6H3. The van der Waals surface area contributed by atoms with Crippen LogP contribution in [0, 0.1) is 5.41 Å². The number of unbranched alkanes of at least 4 members (excludes halogenated alkanes) is 1. The van der Waals surface area contributed by atoms with Gasteiger partial charge in [-0.25, -0.2) is 4.98 Å². The summed E-state index contributed by atoms with van der Waals surface area (Å²) in [6, 6.07) is 3.52. The molecule has 0 unspecified atom stereocenters. The summed E-state index contributed by atoms with van der Waals surface area (Å²) >= 11 is 0. The topological polar surface area (TPSA) is 65.4 Å². The van der Waals surface area contributed by atoms with Crippen molar-refractivity contribution in [3.05, 3.63) is 28.3 Å². The van der Waals surface area contributed by atoms with Crippen LogP contribution in [0.3, 0.4) is 0 Å². The number of fused-ring (bicyclic) bond motifs is 1. The van der Waals surface area contributed by atoms with Crippen molar-refractivity contribution in [3.8, 4) is 11.5 Å². The fourth-order valence-corrected chi connectivity index (χ4v) is 3.01. The van der Waals surface area contributed by atoms with Gasteiger partial charge in [-0.2, -0.15) is 0 Å². The summed E-state index contributed by atoms with van der Waals surface area (Å²) in [5, 5.41) is 3.72. The molecule has 144 valence electrons. The van der Waals surface area contributed by atoms with Gasteiger partial charge in [-0.05, 0) is 37.9 Å². The van der Waals surface area contributed by atoms with Gasteiger partial charge < -0.3 is 14.8 Å². The molecule has 0 aliphatic rings. The Morgan fingerprint density at radius 3 is 2.35 bits per heavy atom. The summed E-state index contributed by atoms with van der Waals surface area (Å²) in [6.45, 7) is 7.97. The second-order valence-electron chi connectivity index (χ2n) is 7.76.